The first-order valence-corrected chi connectivity index (χ1v) is 24.1. The van der Waals surface area contributed by atoms with Gasteiger partial charge < -0.3 is 45.1 Å². The van der Waals surface area contributed by atoms with Gasteiger partial charge in [0.05, 0.1) is 33.0 Å². The molecule has 0 aromatic heterocycles. The first kappa shape index (κ1) is 59.5. The van der Waals surface area contributed by atoms with Gasteiger partial charge in [0.2, 0.25) is 17.7 Å². The standard InChI is InChI=1S/C47H85N3O13/c1-3-40(39(2)51)23-20-21-29-48-44(54)37-63-36-34-61-32-30-49-45(55)38-62-35-33-60-31-22-24-41(52)27-28-42(47(58)59)50-43(53)25-18-16-14-12-10-8-6-4-5-7-9-11-13-15-17-19-26-46(56)57/h40,42H,3-38H2,1-2H3,(H,48,54)(H,49,55)(H,50,53)(H,56,57)(H,58,59)/t40-,42-/m0/s1. The second-order valence-corrected chi connectivity index (χ2v) is 16.4. The van der Waals surface area contributed by atoms with Crippen LogP contribution in [0.15, 0.2) is 0 Å². The highest BCUT2D eigenvalue weighted by molar-refractivity contribution is 5.84. The molecule has 63 heavy (non-hydrogen) atoms. The van der Waals surface area contributed by atoms with Crippen molar-refractivity contribution in [2.75, 3.05) is 65.9 Å². The molecule has 366 valence electrons. The molecule has 3 amide bonds. The summed E-state index contributed by atoms with van der Waals surface area (Å²) in [4.78, 5) is 82.1. The Bertz CT molecular complexity index is 1220. The number of carboxylic acids is 2. The van der Waals surface area contributed by atoms with E-state index in [9.17, 15) is 38.7 Å². The highest BCUT2D eigenvalue weighted by Crippen LogP contribution is 2.15. The maximum atomic E-state index is 12.4. The first-order chi connectivity index (χ1) is 30.5. The molecule has 0 aromatic rings. The van der Waals surface area contributed by atoms with Gasteiger partial charge in [-0.25, -0.2) is 4.79 Å². The van der Waals surface area contributed by atoms with Gasteiger partial charge >= 0.3 is 11.9 Å². The quantitative estimate of drug-likeness (QED) is 0.0393. The number of aliphatic carboxylic acids is 2. The molecule has 0 saturated heterocycles. The van der Waals surface area contributed by atoms with Gasteiger partial charge in [-0.3, -0.25) is 28.8 Å². The van der Waals surface area contributed by atoms with Crippen molar-refractivity contribution in [2.24, 2.45) is 5.92 Å². The molecule has 0 heterocycles. The van der Waals surface area contributed by atoms with Gasteiger partial charge in [-0.2, -0.15) is 0 Å². The molecule has 0 unspecified atom stereocenters. The predicted molar refractivity (Wildman–Crippen MR) is 241 cm³/mol. The van der Waals surface area contributed by atoms with E-state index in [0.29, 0.717) is 32.5 Å². The molecule has 0 saturated carbocycles. The largest absolute Gasteiger partial charge is 0.481 e. The SMILES string of the molecule is CC[C@@H](CCCCNC(=O)COCCOCCNC(=O)COCCOCCCC(=O)CC[C@H](NC(=O)CCCCCCCCCCCCCCCCCCC(=O)O)C(=O)O)C(C)=O. The lowest BCUT2D eigenvalue weighted by Gasteiger charge is -2.14. The molecule has 0 fully saturated rings. The summed E-state index contributed by atoms with van der Waals surface area (Å²) in [6.45, 7) is 5.84. The molecular formula is C47H85N3O13. The molecule has 2 atom stereocenters. The number of rotatable bonds is 48. The third-order valence-electron chi connectivity index (χ3n) is 10.8. The molecular weight excluding hydrogens is 815 g/mol. The minimum absolute atomic E-state index is 0.0414. The number of carbonyl (C=O) groups excluding carboxylic acids is 5. The molecule has 0 aliphatic heterocycles. The highest BCUT2D eigenvalue weighted by atomic mass is 16.5. The fourth-order valence-electron chi connectivity index (χ4n) is 6.93. The zero-order chi connectivity index (χ0) is 46.6. The third-order valence-corrected chi connectivity index (χ3v) is 10.8. The topological polar surface area (TPSA) is 233 Å². The van der Waals surface area contributed by atoms with Crippen LogP contribution in [-0.2, 0) is 52.5 Å². The average Bonchev–Trinajstić information content (AvgIpc) is 3.24. The van der Waals surface area contributed by atoms with E-state index >= 15 is 0 Å². The Morgan fingerprint density at radius 2 is 0.937 bits per heavy atom. The first-order valence-electron chi connectivity index (χ1n) is 24.1. The molecule has 0 aromatic carbocycles. The molecule has 0 aliphatic carbocycles. The monoisotopic (exact) mass is 900 g/mol. The van der Waals surface area contributed by atoms with Gasteiger partial charge in [-0.15, -0.1) is 0 Å². The smallest absolute Gasteiger partial charge is 0.326 e. The summed E-state index contributed by atoms with van der Waals surface area (Å²) in [5.74, 6) is -2.44. The van der Waals surface area contributed by atoms with E-state index in [4.69, 9.17) is 24.1 Å². The molecule has 16 nitrogen and oxygen atoms in total. The molecule has 16 heteroatoms. The third kappa shape index (κ3) is 42.3. The maximum absolute atomic E-state index is 12.4. The van der Waals surface area contributed by atoms with Crippen molar-refractivity contribution in [1.29, 1.82) is 0 Å². The molecule has 0 radical (unpaired) electrons. The number of hydrogen-bond acceptors (Lipinski definition) is 11. The zero-order valence-corrected chi connectivity index (χ0v) is 39.0. The molecule has 0 aliphatic rings. The van der Waals surface area contributed by atoms with Crippen molar-refractivity contribution in [3.8, 4) is 0 Å². The van der Waals surface area contributed by atoms with Crippen molar-refractivity contribution in [3.05, 3.63) is 0 Å². The van der Waals surface area contributed by atoms with Gasteiger partial charge in [-0.05, 0) is 51.9 Å². The minimum atomic E-state index is -1.15. The predicted octanol–water partition coefficient (Wildman–Crippen LogP) is 6.88. The number of hydrogen-bond donors (Lipinski definition) is 5. The van der Waals surface area contributed by atoms with Crippen molar-refractivity contribution in [3.63, 3.8) is 0 Å². The van der Waals surface area contributed by atoms with E-state index < -0.39 is 18.0 Å². The Balaban J connectivity index is 3.64. The van der Waals surface area contributed by atoms with Gasteiger partial charge in [0.15, 0.2) is 0 Å². The van der Waals surface area contributed by atoms with E-state index in [-0.39, 0.29) is 114 Å². The van der Waals surface area contributed by atoms with Gasteiger partial charge in [0.1, 0.15) is 30.8 Å². The summed E-state index contributed by atoms with van der Waals surface area (Å²) in [5, 5.41) is 26.3. The number of ether oxygens (including phenoxy) is 4. The number of carboxylic acid groups (broad SMARTS) is 2. The lowest BCUT2D eigenvalue weighted by Crippen LogP contribution is -2.41. The van der Waals surface area contributed by atoms with E-state index in [0.717, 1.165) is 64.2 Å². The lowest BCUT2D eigenvalue weighted by atomic mass is 9.95. The van der Waals surface area contributed by atoms with Crippen molar-refractivity contribution in [2.45, 2.75) is 187 Å². The maximum Gasteiger partial charge on any atom is 0.326 e. The summed E-state index contributed by atoms with van der Waals surface area (Å²) in [7, 11) is 0. The van der Waals surface area contributed by atoms with Crippen LogP contribution in [0.1, 0.15) is 181 Å². The van der Waals surface area contributed by atoms with Crippen LogP contribution in [0.5, 0.6) is 0 Å². The Labute approximate surface area is 377 Å². The Hall–Kier alpha value is -3.47. The lowest BCUT2D eigenvalue weighted by molar-refractivity contribution is -0.142. The summed E-state index contributed by atoms with van der Waals surface area (Å²) in [6.07, 6.45) is 22.7. The number of unbranched alkanes of at least 4 members (excludes halogenated alkanes) is 16. The second kappa shape index (κ2) is 43.8. The molecule has 0 spiro atoms. The van der Waals surface area contributed by atoms with Crippen LogP contribution >= 0.6 is 0 Å². The van der Waals surface area contributed by atoms with Crippen molar-refractivity contribution >= 4 is 41.2 Å². The van der Waals surface area contributed by atoms with Crippen LogP contribution < -0.4 is 16.0 Å². The second-order valence-electron chi connectivity index (χ2n) is 16.4. The summed E-state index contributed by atoms with van der Waals surface area (Å²) < 4.78 is 21.5. The van der Waals surface area contributed by atoms with E-state index in [1.165, 1.54) is 57.8 Å². The summed E-state index contributed by atoms with van der Waals surface area (Å²) in [6, 6.07) is -1.10. The number of amides is 3. The van der Waals surface area contributed by atoms with E-state index in [2.05, 4.69) is 16.0 Å². The zero-order valence-electron chi connectivity index (χ0n) is 39.0. The number of nitrogens with one attached hydrogen (secondary N) is 3. The molecule has 0 bridgehead atoms. The fraction of sp³-hybridized carbons (Fsp3) is 0.851. The van der Waals surface area contributed by atoms with Crippen LogP contribution in [0, 0.1) is 5.92 Å². The Kier molecular flexibility index (Phi) is 41.4. The average molecular weight is 900 g/mol. The van der Waals surface area contributed by atoms with E-state index in [1.807, 2.05) is 6.92 Å². The normalized spacial score (nSPS) is 12.1. The van der Waals surface area contributed by atoms with Crippen molar-refractivity contribution < 1.29 is 62.7 Å². The van der Waals surface area contributed by atoms with Gasteiger partial charge in [0.25, 0.3) is 0 Å². The Morgan fingerprint density at radius 1 is 0.460 bits per heavy atom. The minimum Gasteiger partial charge on any atom is -0.481 e. The molecule has 0 rings (SSSR count). The van der Waals surface area contributed by atoms with Crippen LogP contribution in [0.25, 0.3) is 0 Å². The van der Waals surface area contributed by atoms with Crippen LogP contribution in [-0.4, -0.2) is 123 Å². The summed E-state index contributed by atoms with van der Waals surface area (Å²) >= 11 is 0. The Morgan fingerprint density at radius 3 is 1.43 bits per heavy atom. The van der Waals surface area contributed by atoms with E-state index in [1.54, 1.807) is 6.92 Å². The number of ketones is 2. The van der Waals surface area contributed by atoms with Gasteiger partial charge in [0, 0.05) is 51.3 Å². The molecule has 5 N–H and O–H groups in total. The number of Topliss-reactive ketones (excluding diaryl/α,β-unsaturated/α-hetero) is 2. The van der Waals surface area contributed by atoms with Crippen LogP contribution in [0.2, 0.25) is 0 Å². The number of carbonyl (C=O) groups is 7. The summed E-state index contributed by atoms with van der Waals surface area (Å²) in [5.41, 5.74) is 0. The van der Waals surface area contributed by atoms with Crippen LogP contribution in [0.4, 0.5) is 0 Å². The van der Waals surface area contributed by atoms with Gasteiger partial charge in [-0.1, -0.05) is 103 Å². The van der Waals surface area contributed by atoms with Crippen LogP contribution in [0.3, 0.4) is 0 Å². The van der Waals surface area contributed by atoms with Crippen molar-refractivity contribution in [1.82, 2.24) is 16.0 Å². The fourth-order valence-corrected chi connectivity index (χ4v) is 6.93. The highest BCUT2D eigenvalue weighted by Gasteiger charge is 2.21.